The monoisotopic (exact) mass is 444 g/mol. The Hall–Kier alpha value is -3.84. The van der Waals surface area contributed by atoms with Crippen molar-refractivity contribution < 1.29 is 14.3 Å². The number of carbonyl (C=O) groups excluding carboxylic acids is 2. The molecule has 2 amide bonds. The first kappa shape index (κ1) is 22.4. The Morgan fingerprint density at radius 1 is 0.848 bits per heavy atom. The molecule has 1 saturated heterocycles. The van der Waals surface area contributed by atoms with Gasteiger partial charge in [0.1, 0.15) is 0 Å². The summed E-state index contributed by atoms with van der Waals surface area (Å²) in [7, 11) is 0. The minimum Gasteiger partial charge on any atom is -0.378 e. The molecule has 7 heteroatoms. The fourth-order valence-electron chi connectivity index (χ4n) is 3.63. The number of aryl methyl sites for hydroxylation is 1. The van der Waals surface area contributed by atoms with Crippen LogP contribution < -0.4 is 20.9 Å². The lowest BCUT2D eigenvalue weighted by molar-refractivity contribution is -0.114. The largest absolute Gasteiger partial charge is 0.378 e. The van der Waals surface area contributed by atoms with Gasteiger partial charge in [-0.25, -0.2) is 0 Å². The van der Waals surface area contributed by atoms with Crippen LogP contribution in [0.25, 0.3) is 0 Å². The first-order valence-electron chi connectivity index (χ1n) is 11.0. The molecule has 0 atom stereocenters. The first-order valence-corrected chi connectivity index (χ1v) is 11.0. The van der Waals surface area contributed by atoms with E-state index >= 15 is 0 Å². The van der Waals surface area contributed by atoms with Crippen molar-refractivity contribution in [3.05, 3.63) is 83.9 Å². The fourth-order valence-corrected chi connectivity index (χ4v) is 3.63. The molecule has 3 aromatic rings. The molecule has 0 saturated carbocycles. The van der Waals surface area contributed by atoms with Gasteiger partial charge in [-0.1, -0.05) is 29.8 Å². The van der Waals surface area contributed by atoms with Crippen LogP contribution in [-0.2, 0) is 9.53 Å². The van der Waals surface area contributed by atoms with E-state index in [2.05, 4.69) is 20.9 Å². The van der Waals surface area contributed by atoms with Crippen molar-refractivity contribution >= 4 is 34.6 Å². The molecule has 0 aromatic heterocycles. The summed E-state index contributed by atoms with van der Waals surface area (Å²) >= 11 is 0. The van der Waals surface area contributed by atoms with Crippen molar-refractivity contribution in [1.29, 1.82) is 0 Å². The zero-order valence-corrected chi connectivity index (χ0v) is 18.6. The van der Waals surface area contributed by atoms with Gasteiger partial charge in [-0.3, -0.25) is 9.59 Å². The number of rotatable bonds is 7. The average molecular weight is 445 g/mol. The number of hydrogen-bond donors (Lipinski definition) is 3. The summed E-state index contributed by atoms with van der Waals surface area (Å²) in [5.74, 6) is -0.427. The average Bonchev–Trinajstić information content (AvgIpc) is 2.85. The fraction of sp³-hybridized carbons (Fsp3) is 0.231. The Bertz CT molecular complexity index is 1090. The molecular formula is C26H28N4O3. The van der Waals surface area contributed by atoms with E-state index in [0.717, 1.165) is 48.9 Å². The van der Waals surface area contributed by atoms with Crippen LogP contribution in [-0.4, -0.2) is 44.7 Å². The Labute approximate surface area is 193 Å². The lowest BCUT2D eigenvalue weighted by Gasteiger charge is -2.28. The summed E-state index contributed by atoms with van der Waals surface area (Å²) in [6.45, 7) is 5.23. The molecule has 1 aliphatic heterocycles. The second-order valence-corrected chi connectivity index (χ2v) is 7.91. The topological polar surface area (TPSA) is 82.7 Å². The van der Waals surface area contributed by atoms with Crippen LogP contribution in [0.2, 0.25) is 0 Å². The lowest BCUT2D eigenvalue weighted by atomic mass is 10.1. The molecule has 0 bridgehead atoms. The van der Waals surface area contributed by atoms with Gasteiger partial charge in [0.15, 0.2) is 0 Å². The molecule has 0 radical (unpaired) electrons. The van der Waals surface area contributed by atoms with Crippen molar-refractivity contribution in [2.24, 2.45) is 0 Å². The van der Waals surface area contributed by atoms with E-state index in [1.54, 1.807) is 18.2 Å². The SMILES string of the molecule is Cc1ccc(NC(=O)c2ccccc2NCC(=O)Nc2ccc(N3CCOCC3)cc2)cc1. The Morgan fingerprint density at radius 3 is 2.21 bits per heavy atom. The highest BCUT2D eigenvalue weighted by Gasteiger charge is 2.13. The molecule has 170 valence electrons. The predicted octanol–water partition coefficient (Wildman–Crippen LogP) is 4.13. The molecule has 0 spiro atoms. The Morgan fingerprint density at radius 2 is 1.48 bits per heavy atom. The molecule has 0 unspecified atom stereocenters. The second kappa shape index (κ2) is 10.7. The van der Waals surface area contributed by atoms with Crippen LogP contribution >= 0.6 is 0 Å². The van der Waals surface area contributed by atoms with E-state index in [1.165, 1.54) is 0 Å². The van der Waals surface area contributed by atoms with E-state index in [-0.39, 0.29) is 18.4 Å². The highest BCUT2D eigenvalue weighted by Crippen LogP contribution is 2.20. The summed E-state index contributed by atoms with van der Waals surface area (Å²) < 4.78 is 5.39. The van der Waals surface area contributed by atoms with Crippen molar-refractivity contribution in [2.75, 3.05) is 53.7 Å². The molecule has 1 aliphatic rings. The standard InChI is InChI=1S/C26H28N4O3/c1-19-6-8-21(9-7-19)29-26(32)23-4-2-3-5-24(23)27-18-25(31)28-20-10-12-22(13-11-20)30-14-16-33-17-15-30/h2-13,27H,14-18H2,1H3,(H,28,31)(H,29,32). The Kier molecular flexibility index (Phi) is 7.22. The van der Waals surface area contributed by atoms with Crippen molar-refractivity contribution in [2.45, 2.75) is 6.92 Å². The summed E-state index contributed by atoms with van der Waals surface area (Å²) in [5, 5.41) is 8.86. The maximum absolute atomic E-state index is 12.8. The Balaban J connectivity index is 1.32. The smallest absolute Gasteiger partial charge is 0.257 e. The van der Waals surface area contributed by atoms with E-state index in [9.17, 15) is 9.59 Å². The van der Waals surface area contributed by atoms with E-state index in [0.29, 0.717) is 11.3 Å². The van der Waals surface area contributed by atoms with Crippen LogP contribution in [0.3, 0.4) is 0 Å². The number of anilines is 4. The highest BCUT2D eigenvalue weighted by atomic mass is 16.5. The summed E-state index contributed by atoms with van der Waals surface area (Å²) in [6.07, 6.45) is 0. The quantitative estimate of drug-likeness (QED) is 0.510. The van der Waals surface area contributed by atoms with Gasteiger partial charge in [0.25, 0.3) is 5.91 Å². The van der Waals surface area contributed by atoms with E-state index in [4.69, 9.17) is 4.74 Å². The number of nitrogens with zero attached hydrogens (tertiary/aromatic N) is 1. The number of ether oxygens (including phenoxy) is 1. The predicted molar refractivity (Wildman–Crippen MR) is 132 cm³/mol. The molecule has 33 heavy (non-hydrogen) atoms. The third-order valence-corrected chi connectivity index (χ3v) is 5.45. The molecule has 1 heterocycles. The van der Waals surface area contributed by atoms with Crippen LogP contribution in [0.5, 0.6) is 0 Å². The second-order valence-electron chi connectivity index (χ2n) is 7.91. The van der Waals surface area contributed by atoms with Gasteiger partial charge in [-0.05, 0) is 55.5 Å². The van der Waals surface area contributed by atoms with Crippen LogP contribution in [0, 0.1) is 6.92 Å². The summed E-state index contributed by atoms with van der Waals surface area (Å²) in [5.41, 5.74) is 4.75. The van der Waals surface area contributed by atoms with Gasteiger partial charge in [-0.15, -0.1) is 0 Å². The third-order valence-electron chi connectivity index (χ3n) is 5.45. The first-order chi connectivity index (χ1) is 16.1. The normalized spacial score (nSPS) is 13.3. The highest BCUT2D eigenvalue weighted by molar-refractivity contribution is 6.08. The minimum atomic E-state index is -0.235. The number of para-hydroxylation sites is 1. The maximum atomic E-state index is 12.8. The van der Waals surface area contributed by atoms with Gasteiger partial charge in [-0.2, -0.15) is 0 Å². The molecule has 0 aliphatic carbocycles. The molecule has 1 fully saturated rings. The number of carbonyl (C=O) groups is 2. The zero-order valence-electron chi connectivity index (χ0n) is 18.6. The van der Waals surface area contributed by atoms with Crippen LogP contribution in [0.15, 0.2) is 72.8 Å². The maximum Gasteiger partial charge on any atom is 0.257 e. The van der Waals surface area contributed by atoms with Crippen LogP contribution in [0.4, 0.5) is 22.7 Å². The third kappa shape index (κ3) is 6.11. The van der Waals surface area contributed by atoms with Gasteiger partial charge in [0.05, 0.1) is 25.3 Å². The minimum absolute atomic E-state index is 0.0417. The van der Waals surface area contributed by atoms with Crippen molar-refractivity contribution in [3.8, 4) is 0 Å². The molecule has 4 rings (SSSR count). The number of morpholine rings is 1. The number of benzene rings is 3. The number of nitrogens with one attached hydrogen (secondary N) is 3. The van der Waals surface area contributed by atoms with E-state index < -0.39 is 0 Å². The summed E-state index contributed by atoms with van der Waals surface area (Å²) in [4.78, 5) is 27.5. The molecule has 3 N–H and O–H groups in total. The molecule has 3 aromatic carbocycles. The lowest BCUT2D eigenvalue weighted by Crippen LogP contribution is -2.36. The van der Waals surface area contributed by atoms with Gasteiger partial charge in [0, 0.05) is 35.8 Å². The number of amides is 2. The molecule has 7 nitrogen and oxygen atoms in total. The van der Waals surface area contributed by atoms with Crippen LogP contribution in [0.1, 0.15) is 15.9 Å². The van der Waals surface area contributed by atoms with Crippen molar-refractivity contribution in [1.82, 2.24) is 0 Å². The van der Waals surface area contributed by atoms with Crippen molar-refractivity contribution in [3.63, 3.8) is 0 Å². The van der Waals surface area contributed by atoms with Gasteiger partial charge >= 0.3 is 0 Å². The number of hydrogen-bond acceptors (Lipinski definition) is 5. The summed E-state index contributed by atoms with van der Waals surface area (Å²) in [6, 6.07) is 22.5. The van der Waals surface area contributed by atoms with Gasteiger partial charge < -0.3 is 25.6 Å². The van der Waals surface area contributed by atoms with E-state index in [1.807, 2.05) is 61.5 Å². The van der Waals surface area contributed by atoms with Gasteiger partial charge in [0.2, 0.25) is 5.91 Å². The molecular weight excluding hydrogens is 416 g/mol. The zero-order chi connectivity index (χ0) is 23.0.